The molecule has 0 amide bonds. The molecule has 0 fully saturated rings. The number of fused-ring (bicyclic) bond motifs is 1. The Kier molecular flexibility index (Phi) is 6.61. The largest absolute Gasteiger partial charge is 0.378 e. The Balaban J connectivity index is 1.85. The van der Waals surface area contributed by atoms with Crippen molar-refractivity contribution >= 4 is 5.65 Å². The van der Waals surface area contributed by atoms with Gasteiger partial charge in [0.1, 0.15) is 17.3 Å². The van der Waals surface area contributed by atoms with Crippen LogP contribution >= 0.6 is 0 Å². The molecule has 3 heterocycles. The van der Waals surface area contributed by atoms with Crippen molar-refractivity contribution in [3.63, 3.8) is 0 Å². The molecule has 4 rings (SSSR count). The van der Waals surface area contributed by atoms with Crippen molar-refractivity contribution in [3.05, 3.63) is 77.8 Å². The van der Waals surface area contributed by atoms with E-state index in [4.69, 9.17) is 4.74 Å². The first kappa shape index (κ1) is 22.1. The number of nitrogens with zero attached hydrogens (tertiary/aromatic N) is 3. The summed E-state index contributed by atoms with van der Waals surface area (Å²) in [5.74, 6) is -1.32. The molecule has 0 saturated heterocycles. The molecule has 6 heteroatoms. The Morgan fingerprint density at radius 2 is 1.84 bits per heavy atom. The zero-order valence-corrected chi connectivity index (χ0v) is 18.6. The average molecular weight is 436 g/mol. The van der Waals surface area contributed by atoms with E-state index in [0.29, 0.717) is 35.6 Å². The van der Waals surface area contributed by atoms with Crippen LogP contribution in [-0.2, 0) is 11.2 Å². The third kappa shape index (κ3) is 4.41. The fourth-order valence-corrected chi connectivity index (χ4v) is 3.89. The number of hydrogen-bond acceptors (Lipinski definition) is 3. The molecule has 166 valence electrons. The summed E-state index contributed by atoms with van der Waals surface area (Å²) in [6.07, 6.45) is 5.66. The second-order valence-corrected chi connectivity index (χ2v) is 7.97. The van der Waals surface area contributed by atoms with Gasteiger partial charge in [-0.05, 0) is 61.7 Å². The Labute approximate surface area is 186 Å². The van der Waals surface area contributed by atoms with Crippen molar-refractivity contribution in [1.29, 1.82) is 0 Å². The topological polar surface area (TPSA) is 39.4 Å². The third-order valence-corrected chi connectivity index (χ3v) is 5.55. The van der Waals surface area contributed by atoms with Crippen LogP contribution in [0.25, 0.3) is 28.2 Å². The quantitative estimate of drug-likeness (QED) is 0.322. The molecule has 1 atom stereocenters. The second-order valence-electron chi connectivity index (χ2n) is 7.97. The Morgan fingerprint density at radius 3 is 2.50 bits per heavy atom. The number of imidazole rings is 1. The molecular weight excluding hydrogens is 408 g/mol. The van der Waals surface area contributed by atoms with Crippen LogP contribution in [0.5, 0.6) is 0 Å². The number of pyridine rings is 2. The molecule has 0 saturated carbocycles. The standard InChI is InChI=1S/C26H27F2N3O/c1-4-12-32-19(5-2)16-23-26(30-24-13-17(3)9-11-31(23)24)25-20(27)14-18(15-21(25)28)22-8-6-7-10-29-22/h6-11,13-15,19H,4-5,12,16H2,1-3H3. The maximum atomic E-state index is 15.3. The van der Waals surface area contributed by atoms with Gasteiger partial charge in [0, 0.05) is 31.0 Å². The van der Waals surface area contributed by atoms with E-state index < -0.39 is 11.6 Å². The van der Waals surface area contributed by atoms with E-state index in [1.165, 1.54) is 12.1 Å². The first-order valence-electron chi connectivity index (χ1n) is 11.0. The molecule has 1 aromatic carbocycles. The Morgan fingerprint density at radius 1 is 1.06 bits per heavy atom. The minimum atomic E-state index is -0.658. The predicted molar refractivity (Wildman–Crippen MR) is 123 cm³/mol. The van der Waals surface area contributed by atoms with Gasteiger partial charge in [0.2, 0.25) is 0 Å². The first-order chi connectivity index (χ1) is 15.5. The van der Waals surface area contributed by atoms with Crippen LogP contribution in [-0.4, -0.2) is 27.1 Å². The number of aromatic nitrogens is 3. The van der Waals surface area contributed by atoms with Crippen LogP contribution in [0.4, 0.5) is 8.78 Å². The van der Waals surface area contributed by atoms with E-state index >= 15 is 8.78 Å². The molecule has 0 spiro atoms. The zero-order chi connectivity index (χ0) is 22.7. The van der Waals surface area contributed by atoms with Crippen molar-refractivity contribution in [2.24, 2.45) is 0 Å². The van der Waals surface area contributed by atoms with Crippen LogP contribution in [0.3, 0.4) is 0 Å². The highest BCUT2D eigenvalue weighted by Gasteiger charge is 2.24. The molecule has 0 radical (unpaired) electrons. The molecular formula is C26H27F2N3O. The van der Waals surface area contributed by atoms with Crippen molar-refractivity contribution in [3.8, 4) is 22.5 Å². The molecule has 0 aliphatic carbocycles. The lowest BCUT2D eigenvalue weighted by Crippen LogP contribution is -2.17. The van der Waals surface area contributed by atoms with Crippen molar-refractivity contribution in [2.75, 3.05) is 6.61 Å². The summed E-state index contributed by atoms with van der Waals surface area (Å²) in [5.41, 5.74) is 3.54. The summed E-state index contributed by atoms with van der Waals surface area (Å²) in [6, 6.07) is 11.8. The maximum Gasteiger partial charge on any atom is 0.137 e. The molecule has 0 bridgehead atoms. The average Bonchev–Trinajstić information content (AvgIpc) is 3.13. The fraction of sp³-hybridized carbons (Fsp3) is 0.308. The second kappa shape index (κ2) is 9.57. The number of benzene rings is 1. The number of hydrogen-bond donors (Lipinski definition) is 0. The van der Waals surface area contributed by atoms with Gasteiger partial charge in [0.25, 0.3) is 0 Å². The summed E-state index contributed by atoms with van der Waals surface area (Å²) < 4.78 is 38.6. The molecule has 0 aliphatic rings. The normalized spacial score (nSPS) is 12.4. The highest BCUT2D eigenvalue weighted by molar-refractivity contribution is 5.72. The molecule has 0 N–H and O–H groups in total. The van der Waals surface area contributed by atoms with Gasteiger partial charge in [0.15, 0.2) is 0 Å². The van der Waals surface area contributed by atoms with Gasteiger partial charge in [-0.2, -0.15) is 0 Å². The van der Waals surface area contributed by atoms with Gasteiger partial charge in [-0.15, -0.1) is 0 Å². The van der Waals surface area contributed by atoms with Crippen LogP contribution in [0.2, 0.25) is 0 Å². The summed E-state index contributed by atoms with van der Waals surface area (Å²) in [7, 11) is 0. The lowest BCUT2D eigenvalue weighted by Gasteiger charge is -2.17. The van der Waals surface area contributed by atoms with E-state index in [0.717, 1.165) is 24.1 Å². The molecule has 3 aromatic heterocycles. The Bertz CT molecular complexity index is 1200. The minimum absolute atomic E-state index is 0.0613. The zero-order valence-electron chi connectivity index (χ0n) is 18.6. The Hall–Kier alpha value is -3.12. The lowest BCUT2D eigenvalue weighted by atomic mass is 10.0. The van der Waals surface area contributed by atoms with Gasteiger partial charge >= 0.3 is 0 Å². The molecule has 4 aromatic rings. The van der Waals surface area contributed by atoms with Gasteiger partial charge in [0.05, 0.1) is 28.7 Å². The van der Waals surface area contributed by atoms with Crippen LogP contribution in [0, 0.1) is 18.6 Å². The van der Waals surface area contributed by atoms with E-state index in [1.807, 2.05) is 29.7 Å². The summed E-state index contributed by atoms with van der Waals surface area (Å²) in [5, 5.41) is 0. The van der Waals surface area contributed by atoms with E-state index in [9.17, 15) is 0 Å². The smallest absolute Gasteiger partial charge is 0.137 e. The van der Waals surface area contributed by atoms with E-state index in [2.05, 4.69) is 23.8 Å². The maximum absolute atomic E-state index is 15.3. The van der Waals surface area contributed by atoms with Gasteiger partial charge in [-0.25, -0.2) is 13.8 Å². The summed E-state index contributed by atoms with van der Waals surface area (Å²) in [4.78, 5) is 8.85. The van der Waals surface area contributed by atoms with Crippen molar-refractivity contribution in [2.45, 2.75) is 46.1 Å². The molecule has 0 aliphatic heterocycles. The van der Waals surface area contributed by atoms with Gasteiger partial charge in [-0.3, -0.25) is 4.98 Å². The third-order valence-electron chi connectivity index (χ3n) is 5.55. The number of rotatable bonds is 8. The SMILES string of the molecule is CCCOC(CC)Cc1c(-c2c(F)cc(-c3ccccn3)cc2F)nc2cc(C)ccn12. The monoisotopic (exact) mass is 435 g/mol. The minimum Gasteiger partial charge on any atom is -0.378 e. The lowest BCUT2D eigenvalue weighted by molar-refractivity contribution is 0.0508. The molecule has 1 unspecified atom stereocenters. The molecule has 4 nitrogen and oxygen atoms in total. The highest BCUT2D eigenvalue weighted by Crippen LogP contribution is 2.33. The molecule has 32 heavy (non-hydrogen) atoms. The fourth-order valence-electron chi connectivity index (χ4n) is 3.89. The predicted octanol–water partition coefficient (Wildman–Crippen LogP) is 6.40. The number of aryl methyl sites for hydroxylation is 1. The summed E-state index contributed by atoms with van der Waals surface area (Å²) >= 11 is 0. The van der Waals surface area contributed by atoms with Crippen LogP contribution in [0.15, 0.2) is 54.9 Å². The van der Waals surface area contributed by atoms with Gasteiger partial charge in [-0.1, -0.05) is 19.9 Å². The summed E-state index contributed by atoms with van der Waals surface area (Å²) in [6.45, 7) is 6.72. The van der Waals surface area contributed by atoms with E-state index in [-0.39, 0.29) is 11.7 Å². The van der Waals surface area contributed by atoms with E-state index in [1.54, 1.807) is 24.4 Å². The highest BCUT2D eigenvalue weighted by atomic mass is 19.1. The van der Waals surface area contributed by atoms with Crippen LogP contribution in [0.1, 0.15) is 37.9 Å². The van der Waals surface area contributed by atoms with Crippen molar-refractivity contribution in [1.82, 2.24) is 14.4 Å². The first-order valence-corrected chi connectivity index (χ1v) is 11.0. The van der Waals surface area contributed by atoms with Crippen LogP contribution < -0.4 is 0 Å². The van der Waals surface area contributed by atoms with Gasteiger partial charge < -0.3 is 9.14 Å². The van der Waals surface area contributed by atoms with Crippen molar-refractivity contribution < 1.29 is 13.5 Å². The number of halogens is 2. The number of ether oxygens (including phenoxy) is 1.